The molecule has 31 heavy (non-hydrogen) atoms. The number of carbonyl (C=O) groups is 3. The van der Waals surface area contributed by atoms with Crippen molar-refractivity contribution < 1.29 is 28.6 Å². The van der Waals surface area contributed by atoms with E-state index < -0.39 is 11.9 Å². The molecule has 0 aliphatic heterocycles. The summed E-state index contributed by atoms with van der Waals surface area (Å²) in [6.07, 6.45) is 15.9. The zero-order valence-corrected chi connectivity index (χ0v) is 19.5. The highest BCUT2D eigenvalue weighted by Crippen LogP contribution is 2.26. The fraction of sp³-hybridized carbons (Fsp3) is 0.720. The van der Waals surface area contributed by atoms with Gasteiger partial charge in [-0.15, -0.1) is 0 Å². The normalized spacial score (nSPS) is 17.9. The summed E-state index contributed by atoms with van der Waals surface area (Å²) in [6.45, 7) is 9.20. The van der Waals surface area contributed by atoms with E-state index in [1.165, 1.54) is 31.3 Å². The first-order chi connectivity index (χ1) is 14.8. The molecule has 2 saturated carbocycles. The Morgan fingerprint density at radius 1 is 0.806 bits per heavy atom. The second-order valence-corrected chi connectivity index (χ2v) is 8.57. The number of ether oxygens (including phenoxy) is 3. The van der Waals surface area contributed by atoms with Crippen molar-refractivity contribution in [2.75, 3.05) is 0 Å². The number of carbonyl (C=O) groups excluding carboxylic acids is 3. The van der Waals surface area contributed by atoms with Crippen LogP contribution in [0.4, 0.5) is 0 Å². The Balaban J connectivity index is 0.000000373. The second kappa shape index (κ2) is 14.8. The van der Waals surface area contributed by atoms with Crippen LogP contribution in [-0.4, -0.2) is 30.1 Å². The molecule has 0 atom stereocenters. The molecule has 0 amide bonds. The summed E-state index contributed by atoms with van der Waals surface area (Å²) in [7, 11) is 0. The summed E-state index contributed by atoms with van der Waals surface area (Å²) in [5.41, 5.74) is -0.339. The van der Waals surface area contributed by atoms with Crippen LogP contribution in [0.5, 0.6) is 0 Å². The van der Waals surface area contributed by atoms with Gasteiger partial charge in [-0.3, -0.25) is 4.79 Å². The van der Waals surface area contributed by atoms with Crippen molar-refractivity contribution in [3.05, 3.63) is 25.0 Å². The Kier molecular flexibility index (Phi) is 12.9. The molecule has 0 unspecified atom stereocenters. The molecule has 0 radical (unpaired) electrons. The van der Waals surface area contributed by atoms with Crippen LogP contribution in [0.25, 0.3) is 0 Å². The van der Waals surface area contributed by atoms with Crippen molar-refractivity contribution in [2.45, 2.75) is 110 Å². The molecule has 2 fully saturated rings. The van der Waals surface area contributed by atoms with Gasteiger partial charge in [0.05, 0.1) is 11.7 Å². The van der Waals surface area contributed by atoms with E-state index in [-0.39, 0.29) is 23.6 Å². The van der Waals surface area contributed by atoms with Gasteiger partial charge in [0.1, 0.15) is 12.2 Å². The van der Waals surface area contributed by atoms with Gasteiger partial charge in [-0.05, 0) is 71.1 Å². The minimum atomic E-state index is -0.433. The number of rotatable bonds is 8. The Labute approximate surface area is 187 Å². The molecule has 0 aromatic heterocycles. The van der Waals surface area contributed by atoms with Crippen LogP contribution in [0.15, 0.2) is 25.0 Å². The monoisotopic (exact) mass is 436 g/mol. The number of hydrogen-bond donors (Lipinski definition) is 0. The van der Waals surface area contributed by atoms with Crippen LogP contribution in [-0.2, 0) is 28.6 Å². The zero-order valence-electron chi connectivity index (χ0n) is 19.5. The largest absolute Gasteiger partial charge is 0.459 e. The summed E-state index contributed by atoms with van der Waals surface area (Å²) < 4.78 is 15.3. The topological polar surface area (TPSA) is 78.9 Å². The van der Waals surface area contributed by atoms with Gasteiger partial charge in [-0.1, -0.05) is 33.3 Å². The average molecular weight is 437 g/mol. The molecule has 0 bridgehead atoms. The van der Waals surface area contributed by atoms with E-state index in [0.717, 1.165) is 64.2 Å². The first kappa shape index (κ1) is 26.9. The fourth-order valence-corrected chi connectivity index (χ4v) is 3.67. The Morgan fingerprint density at radius 2 is 1.19 bits per heavy atom. The van der Waals surface area contributed by atoms with Gasteiger partial charge in [-0.25, -0.2) is 9.59 Å². The van der Waals surface area contributed by atoms with Crippen molar-refractivity contribution in [2.24, 2.45) is 5.41 Å². The fourth-order valence-electron chi connectivity index (χ4n) is 3.67. The molecule has 176 valence electrons. The number of hydrogen-bond acceptors (Lipinski definition) is 6. The van der Waals surface area contributed by atoms with E-state index in [1.807, 2.05) is 20.8 Å². The third kappa shape index (κ3) is 10.7. The van der Waals surface area contributed by atoms with Crippen molar-refractivity contribution in [3.8, 4) is 0 Å². The molecule has 0 aromatic rings. The molecule has 0 aromatic carbocycles. The highest BCUT2D eigenvalue weighted by atomic mass is 16.5. The molecule has 6 heteroatoms. The van der Waals surface area contributed by atoms with Gasteiger partial charge in [0.15, 0.2) is 0 Å². The van der Waals surface area contributed by atoms with Gasteiger partial charge >= 0.3 is 17.9 Å². The molecule has 2 rings (SSSR count). The minimum Gasteiger partial charge on any atom is -0.459 e. The second-order valence-electron chi connectivity index (χ2n) is 8.57. The van der Waals surface area contributed by atoms with Gasteiger partial charge < -0.3 is 14.2 Å². The lowest BCUT2D eigenvalue weighted by Gasteiger charge is -2.22. The maximum atomic E-state index is 11.6. The van der Waals surface area contributed by atoms with E-state index in [1.54, 1.807) is 0 Å². The van der Waals surface area contributed by atoms with Crippen LogP contribution in [0.3, 0.4) is 0 Å². The lowest BCUT2D eigenvalue weighted by Crippen LogP contribution is -2.26. The van der Waals surface area contributed by atoms with Gasteiger partial charge in [0.2, 0.25) is 0 Å². The van der Waals surface area contributed by atoms with E-state index in [2.05, 4.69) is 6.58 Å². The molecule has 6 nitrogen and oxygen atoms in total. The zero-order chi connectivity index (χ0) is 23.1. The molecule has 0 heterocycles. The highest BCUT2D eigenvalue weighted by Gasteiger charge is 2.30. The van der Waals surface area contributed by atoms with E-state index in [0.29, 0.717) is 0 Å². The Bertz CT molecular complexity index is 559. The standard InChI is InChI=1S/C16H24O4.C9H16O2/c17-15(19-13-7-3-1-4-8-13)11-12-16(18)20-14-9-5-2-6-10-14;1-5-9(4,6-2)8(10)11-7-3/h11-14H,1-10H2;7H,3,5-6H2,1-2,4H3/b12-11+;. The van der Waals surface area contributed by atoms with Crippen molar-refractivity contribution in [3.63, 3.8) is 0 Å². The van der Waals surface area contributed by atoms with Gasteiger partial charge in [0.25, 0.3) is 0 Å². The van der Waals surface area contributed by atoms with Crippen molar-refractivity contribution >= 4 is 17.9 Å². The summed E-state index contributed by atoms with van der Waals surface area (Å²) in [5, 5.41) is 0. The molecule has 0 spiro atoms. The van der Waals surface area contributed by atoms with Gasteiger partial charge in [0, 0.05) is 12.2 Å². The lowest BCUT2D eigenvalue weighted by molar-refractivity contribution is -0.149. The average Bonchev–Trinajstić information content (AvgIpc) is 2.79. The van der Waals surface area contributed by atoms with Crippen molar-refractivity contribution in [1.82, 2.24) is 0 Å². The van der Waals surface area contributed by atoms with Crippen LogP contribution < -0.4 is 0 Å². The summed E-state index contributed by atoms with van der Waals surface area (Å²) in [6, 6.07) is 0. The van der Waals surface area contributed by atoms with Crippen LogP contribution >= 0.6 is 0 Å². The predicted molar refractivity (Wildman–Crippen MR) is 120 cm³/mol. The molecular formula is C25H40O6. The smallest absolute Gasteiger partial charge is 0.331 e. The van der Waals surface area contributed by atoms with Gasteiger partial charge in [-0.2, -0.15) is 0 Å². The highest BCUT2D eigenvalue weighted by molar-refractivity contribution is 5.91. The summed E-state index contributed by atoms with van der Waals surface area (Å²) in [4.78, 5) is 34.4. The van der Waals surface area contributed by atoms with E-state index in [4.69, 9.17) is 14.2 Å². The van der Waals surface area contributed by atoms with Crippen molar-refractivity contribution in [1.29, 1.82) is 0 Å². The first-order valence-electron chi connectivity index (χ1n) is 11.8. The lowest BCUT2D eigenvalue weighted by atomic mass is 9.85. The first-order valence-corrected chi connectivity index (χ1v) is 11.8. The van der Waals surface area contributed by atoms with E-state index in [9.17, 15) is 14.4 Å². The quantitative estimate of drug-likeness (QED) is 0.207. The third-order valence-corrected chi connectivity index (χ3v) is 6.27. The predicted octanol–water partition coefficient (Wildman–Crippen LogP) is 5.79. The third-order valence-electron chi connectivity index (χ3n) is 6.27. The Morgan fingerprint density at radius 3 is 1.52 bits per heavy atom. The van der Waals surface area contributed by atoms with E-state index >= 15 is 0 Å². The number of esters is 3. The van der Waals surface area contributed by atoms with Crippen LogP contribution in [0.2, 0.25) is 0 Å². The summed E-state index contributed by atoms with van der Waals surface area (Å²) in [5.74, 6) is -1.05. The molecule has 0 N–H and O–H groups in total. The molecule has 0 saturated heterocycles. The molecular weight excluding hydrogens is 396 g/mol. The maximum absolute atomic E-state index is 11.6. The SMILES string of the molecule is C=COC(=O)C(C)(CC)CC.O=C(/C=C/C(=O)OC1CCCCC1)OC1CCCCC1. The Hall–Kier alpha value is -2.11. The van der Waals surface area contributed by atoms with Crippen LogP contribution in [0.1, 0.15) is 97.8 Å². The maximum Gasteiger partial charge on any atom is 0.331 e. The molecule has 2 aliphatic rings. The molecule has 2 aliphatic carbocycles. The minimum absolute atomic E-state index is 0.0234. The van der Waals surface area contributed by atoms with Crippen LogP contribution in [0, 0.1) is 5.41 Å². The summed E-state index contributed by atoms with van der Waals surface area (Å²) >= 11 is 0.